The molecule has 1 N–H and O–H groups in total. The van der Waals surface area contributed by atoms with Crippen molar-refractivity contribution in [3.63, 3.8) is 0 Å². The Morgan fingerprint density at radius 2 is 0.783 bits per heavy atom. The van der Waals surface area contributed by atoms with Gasteiger partial charge in [0.1, 0.15) is 0 Å². The maximum Gasteiger partial charge on any atom is 0.219 e. The highest BCUT2D eigenvalue weighted by molar-refractivity contribution is 4.48. The molecule has 5 heteroatoms. The Balaban J connectivity index is 4.31. The molecule has 0 spiro atoms. The van der Waals surface area contributed by atoms with Gasteiger partial charge in [-0.15, -0.1) is 0 Å². The first-order valence-corrected chi connectivity index (χ1v) is 9.50. The molecular weight excluding hydrogens is 294 g/mol. The van der Waals surface area contributed by atoms with Gasteiger partial charge in [-0.25, -0.2) is 5.32 Å². The molecule has 5 nitrogen and oxygen atoms in total. The van der Waals surface area contributed by atoms with Gasteiger partial charge in [0.05, 0.1) is 26.4 Å². The predicted octanol–water partition coefficient (Wildman–Crippen LogP) is 4.41. The van der Waals surface area contributed by atoms with Crippen LogP contribution in [0.1, 0.15) is 79.1 Å². The first-order valence-electron chi connectivity index (χ1n) is 9.50. The van der Waals surface area contributed by atoms with Crippen LogP contribution in [0.2, 0.25) is 0 Å². The van der Waals surface area contributed by atoms with Gasteiger partial charge in [0, 0.05) is 0 Å². The fraction of sp³-hybridized carbons (Fsp3) is 1.00. The third-order valence-corrected chi connectivity index (χ3v) is 3.34. The normalized spacial score (nSPS) is 11.7. The van der Waals surface area contributed by atoms with E-state index in [9.17, 15) is 0 Å². The van der Waals surface area contributed by atoms with Crippen LogP contribution in [0.4, 0.5) is 0 Å². The van der Waals surface area contributed by atoms with Crippen LogP contribution in [-0.4, -0.2) is 39.3 Å². The summed E-state index contributed by atoms with van der Waals surface area (Å²) in [6, 6.07) is 0. The van der Waals surface area contributed by atoms with E-state index in [1.54, 1.807) is 0 Å². The van der Waals surface area contributed by atoms with Gasteiger partial charge in [0.15, 0.2) is 0 Å². The van der Waals surface area contributed by atoms with Crippen LogP contribution < -0.4 is 5.32 Å². The Morgan fingerprint density at radius 1 is 0.522 bits per heavy atom. The van der Waals surface area contributed by atoms with Crippen molar-refractivity contribution in [2.24, 2.45) is 0 Å². The summed E-state index contributed by atoms with van der Waals surface area (Å²) in [5.74, 6) is 0. The van der Waals surface area contributed by atoms with E-state index in [0.29, 0.717) is 26.4 Å². The summed E-state index contributed by atoms with van der Waals surface area (Å²) in [4.78, 5) is 0. The highest BCUT2D eigenvalue weighted by Crippen LogP contribution is 2.04. The Kier molecular flexibility index (Phi) is 18.0. The van der Waals surface area contributed by atoms with E-state index in [0.717, 1.165) is 51.4 Å². The fourth-order valence-electron chi connectivity index (χ4n) is 1.74. The van der Waals surface area contributed by atoms with Crippen molar-refractivity contribution in [1.29, 1.82) is 0 Å². The van der Waals surface area contributed by atoms with Gasteiger partial charge in [-0.1, -0.05) is 53.4 Å². The molecule has 0 bridgehead atoms. The van der Waals surface area contributed by atoms with Crippen molar-refractivity contribution in [2.75, 3.05) is 26.4 Å². The average Bonchev–Trinajstić information content (AvgIpc) is 2.55. The van der Waals surface area contributed by atoms with Crippen molar-refractivity contribution in [2.45, 2.75) is 91.9 Å². The van der Waals surface area contributed by atoms with Gasteiger partial charge in [0.2, 0.25) is 12.8 Å². The minimum Gasteiger partial charge on any atom is -0.340 e. The number of hydrogen-bond acceptors (Lipinski definition) is 5. The monoisotopic (exact) mass is 333 g/mol. The average molecular weight is 334 g/mol. The molecule has 0 amide bonds. The number of hydrogen-bond donors (Lipinski definition) is 1. The minimum absolute atomic E-state index is 0.471. The molecule has 0 aromatic carbocycles. The molecule has 0 aliphatic rings. The summed E-state index contributed by atoms with van der Waals surface area (Å²) in [6.07, 6.45) is 7.55. The standard InChI is InChI=1S/C18H39NO4/c1-5-9-13-20-17(21-14-10-6-2)19-18(22-15-11-7-3)23-16-12-8-4/h17-19H,5-16H2,1-4H3. The molecule has 0 saturated heterocycles. The van der Waals surface area contributed by atoms with Crippen LogP contribution in [0.5, 0.6) is 0 Å². The molecule has 0 saturated carbocycles. The largest absolute Gasteiger partial charge is 0.340 e. The molecule has 23 heavy (non-hydrogen) atoms. The van der Waals surface area contributed by atoms with Crippen molar-refractivity contribution in [3.05, 3.63) is 0 Å². The molecule has 0 fully saturated rings. The molecular formula is C18H39NO4. The van der Waals surface area contributed by atoms with Crippen molar-refractivity contribution in [3.8, 4) is 0 Å². The summed E-state index contributed by atoms with van der Waals surface area (Å²) in [5.41, 5.74) is 0. The second kappa shape index (κ2) is 18.1. The van der Waals surface area contributed by atoms with Gasteiger partial charge in [0.25, 0.3) is 0 Å². The van der Waals surface area contributed by atoms with Gasteiger partial charge >= 0.3 is 0 Å². The van der Waals surface area contributed by atoms with E-state index < -0.39 is 12.8 Å². The molecule has 0 aliphatic carbocycles. The van der Waals surface area contributed by atoms with Gasteiger partial charge in [-0.2, -0.15) is 0 Å². The number of nitrogens with one attached hydrogen (secondary N) is 1. The summed E-state index contributed by atoms with van der Waals surface area (Å²) in [6.45, 7) is 11.3. The van der Waals surface area contributed by atoms with E-state index in [2.05, 4.69) is 33.0 Å². The molecule has 0 aromatic rings. The van der Waals surface area contributed by atoms with E-state index in [1.807, 2.05) is 0 Å². The Morgan fingerprint density at radius 3 is 1.00 bits per heavy atom. The van der Waals surface area contributed by atoms with Crippen molar-refractivity contribution in [1.82, 2.24) is 5.32 Å². The molecule has 0 heterocycles. The molecule has 0 radical (unpaired) electrons. The molecule has 0 rings (SSSR count). The highest BCUT2D eigenvalue weighted by Gasteiger charge is 2.17. The van der Waals surface area contributed by atoms with E-state index in [-0.39, 0.29) is 0 Å². The predicted molar refractivity (Wildman–Crippen MR) is 94.2 cm³/mol. The number of ether oxygens (including phenoxy) is 4. The van der Waals surface area contributed by atoms with E-state index in [1.165, 1.54) is 0 Å². The summed E-state index contributed by atoms with van der Waals surface area (Å²) < 4.78 is 23.1. The van der Waals surface area contributed by atoms with Gasteiger partial charge < -0.3 is 18.9 Å². The van der Waals surface area contributed by atoms with E-state index in [4.69, 9.17) is 18.9 Å². The van der Waals surface area contributed by atoms with Crippen LogP contribution in [0.15, 0.2) is 0 Å². The number of unbranched alkanes of at least 4 members (excludes halogenated alkanes) is 4. The lowest BCUT2D eigenvalue weighted by Gasteiger charge is -2.26. The first kappa shape index (κ1) is 22.8. The maximum atomic E-state index is 5.78. The Hall–Kier alpha value is -0.200. The van der Waals surface area contributed by atoms with Crippen LogP contribution in [0.25, 0.3) is 0 Å². The van der Waals surface area contributed by atoms with Crippen molar-refractivity contribution < 1.29 is 18.9 Å². The molecule has 0 atom stereocenters. The second-order valence-electron chi connectivity index (χ2n) is 5.73. The fourth-order valence-corrected chi connectivity index (χ4v) is 1.74. The van der Waals surface area contributed by atoms with Crippen LogP contribution in [-0.2, 0) is 18.9 Å². The van der Waals surface area contributed by atoms with Crippen LogP contribution in [0.3, 0.4) is 0 Å². The lowest BCUT2D eigenvalue weighted by atomic mass is 10.4. The SMILES string of the molecule is CCCCOC(NC(OCCCC)OCCCC)OCCCC. The van der Waals surface area contributed by atoms with Crippen molar-refractivity contribution >= 4 is 0 Å². The minimum atomic E-state index is -0.471. The second-order valence-corrected chi connectivity index (χ2v) is 5.73. The molecule has 0 aliphatic heterocycles. The lowest BCUT2D eigenvalue weighted by molar-refractivity contribution is -0.238. The molecule has 0 aromatic heterocycles. The van der Waals surface area contributed by atoms with Crippen LogP contribution in [0, 0.1) is 0 Å². The summed E-state index contributed by atoms with van der Waals surface area (Å²) in [7, 11) is 0. The first-order chi connectivity index (χ1) is 11.3. The summed E-state index contributed by atoms with van der Waals surface area (Å²) >= 11 is 0. The van der Waals surface area contributed by atoms with Gasteiger partial charge in [-0.3, -0.25) is 0 Å². The zero-order valence-electron chi connectivity index (χ0n) is 15.8. The quantitative estimate of drug-likeness (QED) is 0.297. The molecule has 0 unspecified atom stereocenters. The highest BCUT2D eigenvalue weighted by atomic mass is 16.7. The number of rotatable bonds is 18. The van der Waals surface area contributed by atoms with E-state index >= 15 is 0 Å². The maximum absolute atomic E-state index is 5.78. The Labute approximate surface area is 143 Å². The van der Waals surface area contributed by atoms with Gasteiger partial charge in [-0.05, 0) is 25.7 Å². The zero-order valence-corrected chi connectivity index (χ0v) is 15.8. The Bertz CT molecular complexity index is 187. The van der Waals surface area contributed by atoms with Crippen LogP contribution >= 0.6 is 0 Å². The lowest BCUT2D eigenvalue weighted by Crippen LogP contribution is -2.45. The molecule has 140 valence electrons. The zero-order chi connectivity index (χ0) is 17.2. The third-order valence-electron chi connectivity index (χ3n) is 3.34. The topological polar surface area (TPSA) is 49.0 Å². The third kappa shape index (κ3) is 15.1. The smallest absolute Gasteiger partial charge is 0.219 e. The summed E-state index contributed by atoms with van der Waals surface area (Å²) in [5, 5.41) is 3.20.